The standard InChI is InChI=1S/C16H18ClFN4O2/c17-11-7-9(18)6-10-14(11)21-15(13(20)8-3-4-8)22(16(10)24)5-1-2-12(19)23/h6-8,13H,1-5,20H2,(H2,19,23). The molecule has 0 saturated heterocycles. The zero-order valence-electron chi connectivity index (χ0n) is 13.0. The molecule has 0 aliphatic heterocycles. The van der Waals surface area contributed by atoms with Crippen molar-refractivity contribution in [1.29, 1.82) is 0 Å². The molecule has 1 aromatic carbocycles. The number of aromatic nitrogens is 2. The first-order chi connectivity index (χ1) is 11.4. The van der Waals surface area contributed by atoms with E-state index in [1.54, 1.807) is 0 Å². The molecular weight excluding hydrogens is 335 g/mol. The van der Waals surface area contributed by atoms with Gasteiger partial charge in [-0.15, -0.1) is 0 Å². The van der Waals surface area contributed by atoms with Crippen molar-refractivity contribution in [1.82, 2.24) is 9.55 Å². The van der Waals surface area contributed by atoms with Crippen molar-refractivity contribution in [2.24, 2.45) is 17.4 Å². The molecule has 1 aliphatic rings. The topological polar surface area (TPSA) is 104 Å². The first-order valence-corrected chi connectivity index (χ1v) is 8.19. The minimum Gasteiger partial charge on any atom is -0.370 e. The lowest BCUT2D eigenvalue weighted by atomic mass is 10.1. The van der Waals surface area contributed by atoms with Gasteiger partial charge in [0, 0.05) is 13.0 Å². The number of nitrogens with zero attached hydrogens (tertiary/aromatic N) is 2. The van der Waals surface area contributed by atoms with E-state index >= 15 is 0 Å². The molecule has 1 heterocycles. The van der Waals surface area contributed by atoms with Gasteiger partial charge in [0.1, 0.15) is 11.6 Å². The normalized spacial score (nSPS) is 15.6. The van der Waals surface area contributed by atoms with Crippen LogP contribution in [0.5, 0.6) is 0 Å². The van der Waals surface area contributed by atoms with Gasteiger partial charge in [0.2, 0.25) is 5.91 Å². The Hall–Kier alpha value is -1.99. The van der Waals surface area contributed by atoms with Gasteiger partial charge in [0.25, 0.3) is 5.56 Å². The van der Waals surface area contributed by atoms with Crippen LogP contribution in [0, 0.1) is 11.7 Å². The van der Waals surface area contributed by atoms with E-state index in [1.807, 2.05) is 0 Å². The molecule has 1 aliphatic carbocycles. The molecule has 0 spiro atoms. The number of primary amides is 1. The minimum atomic E-state index is -0.602. The Kier molecular flexibility index (Phi) is 4.56. The summed E-state index contributed by atoms with van der Waals surface area (Å²) in [6, 6.07) is 1.85. The fraction of sp³-hybridized carbons (Fsp3) is 0.438. The summed E-state index contributed by atoms with van der Waals surface area (Å²) in [6.07, 6.45) is 2.49. The van der Waals surface area contributed by atoms with Crippen molar-refractivity contribution in [3.05, 3.63) is 39.2 Å². The van der Waals surface area contributed by atoms with E-state index in [0.29, 0.717) is 12.2 Å². The van der Waals surface area contributed by atoms with Crippen molar-refractivity contribution < 1.29 is 9.18 Å². The van der Waals surface area contributed by atoms with Crippen LogP contribution in [-0.2, 0) is 11.3 Å². The number of benzene rings is 1. The molecule has 0 radical (unpaired) electrons. The van der Waals surface area contributed by atoms with Crippen molar-refractivity contribution in [3.63, 3.8) is 0 Å². The lowest BCUT2D eigenvalue weighted by molar-refractivity contribution is -0.118. The highest BCUT2D eigenvalue weighted by Crippen LogP contribution is 2.39. The summed E-state index contributed by atoms with van der Waals surface area (Å²) >= 11 is 6.05. The molecule has 4 N–H and O–H groups in total. The van der Waals surface area contributed by atoms with Crippen LogP contribution in [0.4, 0.5) is 4.39 Å². The summed E-state index contributed by atoms with van der Waals surface area (Å²) in [4.78, 5) is 28.2. The van der Waals surface area contributed by atoms with Crippen molar-refractivity contribution in [2.75, 3.05) is 0 Å². The third-order valence-corrected chi connectivity index (χ3v) is 4.53. The highest BCUT2D eigenvalue weighted by Gasteiger charge is 2.33. The average Bonchev–Trinajstić information content (AvgIpc) is 3.33. The van der Waals surface area contributed by atoms with Gasteiger partial charge in [-0.3, -0.25) is 14.2 Å². The van der Waals surface area contributed by atoms with Crippen LogP contribution in [0.1, 0.15) is 37.5 Å². The Bertz CT molecular complexity index is 863. The number of rotatable bonds is 6. The molecule has 128 valence electrons. The maximum absolute atomic E-state index is 13.6. The number of carbonyl (C=O) groups is 1. The Balaban J connectivity index is 2.13. The third kappa shape index (κ3) is 3.27. The number of fused-ring (bicyclic) bond motifs is 1. The summed E-state index contributed by atoms with van der Waals surface area (Å²) in [6.45, 7) is 0.245. The second kappa shape index (κ2) is 6.49. The number of carbonyl (C=O) groups excluding carboxylic acids is 1. The smallest absolute Gasteiger partial charge is 0.261 e. The number of hydrogen-bond acceptors (Lipinski definition) is 4. The lowest BCUT2D eigenvalue weighted by Gasteiger charge is -2.18. The Morgan fingerprint density at radius 1 is 1.46 bits per heavy atom. The second-order valence-electron chi connectivity index (χ2n) is 6.14. The van der Waals surface area contributed by atoms with Gasteiger partial charge >= 0.3 is 0 Å². The first-order valence-electron chi connectivity index (χ1n) is 7.82. The zero-order valence-corrected chi connectivity index (χ0v) is 13.7. The van der Waals surface area contributed by atoms with Gasteiger partial charge < -0.3 is 11.5 Å². The lowest BCUT2D eigenvalue weighted by Crippen LogP contribution is -2.31. The highest BCUT2D eigenvalue weighted by molar-refractivity contribution is 6.35. The van der Waals surface area contributed by atoms with Crippen LogP contribution in [0.15, 0.2) is 16.9 Å². The molecule has 6 nitrogen and oxygen atoms in total. The van der Waals surface area contributed by atoms with Gasteiger partial charge in [0.05, 0.1) is 22.0 Å². The van der Waals surface area contributed by atoms with Crippen LogP contribution < -0.4 is 17.0 Å². The van der Waals surface area contributed by atoms with E-state index in [9.17, 15) is 14.0 Å². The van der Waals surface area contributed by atoms with Gasteiger partial charge in [-0.2, -0.15) is 0 Å². The Morgan fingerprint density at radius 2 is 2.17 bits per heavy atom. The maximum Gasteiger partial charge on any atom is 0.261 e. The van der Waals surface area contributed by atoms with Gasteiger partial charge in [0.15, 0.2) is 0 Å². The first kappa shape index (κ1) is 16.9. The van der Waals surface area contributed by atoms with Crippen molar-refractivity contribution in [2.45, 2.75) is 38.3 Å². The summed E-state index contributed by atoms with van der Waals surface area (Å²) in [5, 5.41) is 0.182. The van der Waals surface area contributed by atoms with Crippen LogP contribution in [0.2, 0.25) is 5.02 Å². The van der Waals surface area contributed by atoms with E-state index in [2.05, 4.69) is 4.98 Å². The molecule has 1 fully saturated rings. The SMILES string of the molecule is NC(=O)CCCn1c(C(N)C2CC2)nc2c(Cl)cc(F)cc2c1=O. The Labute approximate surface area is 142 Å². The summed E-state index contributed by atoms with van der Waals surface area (Å²) < 4.78 is 15.0. The van der Waals surface area contributed by atoms with Crippen molar-refractivity contribution >= 4 is 28.4 Å². The summed E-state index contributed by atoms with van der Waals surface area (Å²) in [7, 11) is 0. The molecule has 8 heteroatoms. The molecule has 1 aromatic heterocycles. The van der Waals surface area contributed by atoms with Gasteiger partial charge in [-0.25, -0.2) is 9.37 Å². The monoisotopic (exact) mass is 352 g/mol. The maximum atomic E-state index is 13.6. The van der Waals surface area contributed by atoms with Crippen LogP contribution >= 0.6 is 11.6 Å². The number of halogens is 2. The fourth-order valence-electron chi connectivity index (χ4n) is 2.82. The largest absolute Gasteiger partial charge is 0.370 e. The van der Waals surface area contributed by atoms with Crippen LogP contribution in [0.3, 0.4) is 0 Å². The predicted octanol–water partition coefficient (Wildman–Crippen LogP) is 1.86. The molecule has 3 rings (SSSR count). The fourth-order valence-corrected chi connectivity index (χ4v) is 3.06. The highest BCUT2D eigenvalue weighted by atomic mass is 35.5. The molecule has 1 saturated carbocycles. The quantitative estimate of drug-likeness (QED) is 0.827. The van der Waals surface area contributed by atoms with E-state index in [-0.39, 0.29) is 34.8 Å². The van der Waals surface area contributed by atoms with E-state index < -0.39 is 23.3 Å². The molecule has 24 heavy (non-hydrogen) atoms. The molecule has 1 unspecified atom stereocenters. The number of hydrogen-bond donors (Lipinski definition) is 2. The van der Waals surface area contributed by atoms with Gasteiger partial charge in [-0.1, -0.05) is 11.6 Å². The number of nitrogens with two attached hydrogens (primary N) is 2. The van der Waals surface area contributed by atoms with E-state index in [4.69, 9.17) is 23.1 Å². The summed E-state index contributed by atoms with van der Waals surface area (Å²) in [5.74, 6) is -0.350. The van der Waals surface area contributed by atoms with E-state index in [1.165, 1.54) is 4.57 Å². The molecular formula is C16H18ClFN4O2. The Morgan fingerprint density at radius 3 is 2.79 bits per heavy atom. The predicted molar refractivity (Wildman–Crippen MR) is 89.1 cm³/mol. The van der Waals surface area contributed by atoms with Crippen molar-refractivity contribution in [3.8, 4) is 0 Å². The third-order valence-electron chi connectivity index (χ3n) is 4.24. The zero-order chi connectivity index (χ0) is 17.4. The minimum absolute atomic E-state index is 0.0793. The van der Waals surface area contributed by atoms with E-state index in [0.717, 1.165) is 25.0 Å². The molecule has 2 aromatic rings. The average molecular weight is 353 g/mol. The van der Waals surface area contributed by atoms with Gasteiger partial charge in [-0.05, 0) is 37.3 Å². The van der Waals surface area contributed by atoms with Crippen LogP contribution in [0.25, 0.3) is 10.9 Å². The van der Waals surface area contributed by atoms with Crippen LogP contribution in [-0.4, -0.2) is 15.5 Å². The number of amides is 1. The second-order valence-corrected chi connectivity index (χ2v) is 6.55. The molecule has 0 bridgehead atoms. The molecule has 1 atom stereocenters. The summed E-state index contributed by atoms with van der Waals surface area (Å²) in [5.41, 5.74) is 11.2. The molecule has 1 amide bonds.